The minimum absolute atomic E-state index is 0.354. The van der Waals surface area contributed by atoms with Crippen molar-refractivity contribution in [1.29, 1.82) is 5.26 Å². The van der Waals surface area contributed by atoms with Crippen LogP contribution in [-0.2, 0) is 10.5 Å². The summed E-state index contributed by atoms with van der Waals surface area (Å²) in [6.07, 6.45) is 0. The molecule has 5 nitrogen and oxygen atoms in total. The number of ether oxygens (including phenoxy) is 1. The van der Waals surface area contributed by atoms with E-state index >= 15 is 0 Å². The molecule has 0 spiro atoms. The van der Waals surface area contributed by atoms with Crippen LogP contribution in [0.15, 0.2) is 29.3 Å². The van der Waals surface area contributed by atoms with Gasteiger partial charge in [0.2, 0.25) is 0 Å². The van der Waals surface area contributed by atoms with Gasteiger partial charge in [0.05, 0.1) is 18.4 Å². The first-order valence-corrected chi connectivity index (χ1v) is 7.59. The Bertz CT molecular complexity index is 736. The van der Waals surface area contributed by atoms with E-state index in [1.807, 2.05) is 26.0 Å². The van der Waals surface area contributed by atoms with Gasteiger partial charge in [0.15, 0.2) is 0 Å². The highest BCUT2D eigenvalue weighted by Crippen LogP contribution is 2.25. The van der Waals surface area contributed by atoms with Crippen LogP contribution in [0.2, 0.25) is 0 Å². The average Bonchev–Trinajstić information content (AvgIpc) is 2.52. The molecule has 0 fully saturated rings. The molecular weight excluding hydrogens is 298 g/mol. The molecule has 1 aromatic heterocycles. The molecule has 0 atom stereocenters. The largest absolute Gasteiger partial charge is 0.465 e. The molecule has 1 aromatic carbocycles. The minimum atomic E-state index is -0.354. The molecule has 6 heteroatoms. The van der Waals surface area contributed by atoms with E-state index in [1.54, 1.807) is 12.1 Å². The van der Waals surface area contributed by atoms with Gasteiger partial charge in [0.25, 0.3) is 0 Å². The Labute approximate surface area is 133 Å². The van der Waals surface area contributed by atoms with Crippen molar-refractivity contribution < 1.29 is 9.53 Å². The molecule has 0 saturated carbocycles. The van der Waals surface area contributed by atoms with E-state index in [2.05, 4.69) is 20.8 Å². The van der Waals surface area contributed by atoms with E-state index in [-0.39, 0.29) is 5.97 Å². The molecule has 0 radical (unpaired) electrons. The van der Waals surface area contributed by atoms with Crippen LogP contribution in [-0.4, -0.2) is 23.0 Å². The second-order valence-electron chi connectivity index (χ2n) is 4.63. The number of benzene rings is 1. The van der Waals surface area contributed by atoms with E-state index in [9.17, 15) is 10.1 Å². The van der Waals surface area contributed by atoms with Gasteiger partial charge in [-0.05, 0) is 31.5 Å². The number of thioether (sulfide) groups is 1. The summed E-state index contributed by atoms with van der Waals surface area (Å²) < 4.78 is 4.66. The van der Waals surface area contributed by atoms with Gasteiger partial charge in [-0.3, -0.25) is 0 Å². The molecule has 112 valence electrons. The first kappa shape index (κ1) is 16.0. The van der Waals surface area contributed by atoms with Gasteiger partial charge in [0.1, 0.15) is 22.5 Å². The number of carbonyl (C=O) groups is 1. The number of aromatic nitrogens is 2. The molecule has 0 unspecified atom stereocenters. The molecule has 1 heterocycles. The molecule has 0 amide bonds. The predicted octanol–water partition coefficient (Wildman–Crippen LogP) is 3.04. The molecule has 2 rings (SSSR count). The lowest BCUT2D eigenvalue weighted by molar-refractivity contribution is 0.0600. The number of nitrogens with zero attached hydrogens (tertiary/aromatic N) is 3. The van der Waals surface area contributed by atoms with Crippen molar-refractivity contribution in [2.45, 2.75) is 24.6 Å². The van der Waals surface area contributed by atoms with E-state index in [4.69, 9.17) is 0 Å². The van der Waals surface area contributed by atoms with Crippen molar-refractivity contribution >= 4 is 17.7 Å². The fourth-order valence-electron chi connectivity index (χ4n) is 1.92. The van der Waals surface area contributed by atoms with Crippen molar-refractivity contribution in [1.82, 2.24) is 9.97 Å². The summed E-state index contributed by atoms with van der Waals surface area (Å²) in [6, 6.07) is 9.34. The molecule has 22 heavy (non-hydrogen) atoms. The summed E-state index contributed by atoms with van der Waals surface area (Å²) in [5.74, 6) is 0.958. The zero-order chi connectivity index (χ0) is 16.1. The predicted molar refractivity (Wildman–Crippen MR) is 83.6 cm³/mol. The Morgan fingerprint density at radius 3 is 2.55 bits per heavy atom. The normalized spacial score (nSPS) is 10.1. The van der Waals surface area contributed by atoms with Gasteiger partial charge in [-0.25, -0.2) is 14.8 Å². The van der Waals surface area contributed by atoms with Gasteiger partial charge in [-0.15, -0.1) is 11.8 Å². The molecular formula is C16H15N3O2S. The lowest BCUT2D eigenvalue weighted by atomic mass is 10.1. The highest BCUT2D eigenvalue weighted by molar-refractivity contribution is 7.98. The second-order valence-corrected chi connectivity index (χ2v) is 5.59. The van der Waals surface area contributed by atoms with E-state index in [0.717, 1.165) is 5.56 Å². The summed E-state index contributed by atoms with van der Waals surface area (Å²) in [5, 5.41) is 9.90. The number of hydrogen-bond donors (Lipinski definition) is 0. The third-order valence-corrected chi connectivity index (χ3v) is 4.08. The van der Waals surface area contributed by atoms with Crippen molar-refractivity contribution in [3.8, 4) is 6.07 Å². The summed E-state index contributed by atoms with van der Waals surface area (Å²) in [6.45, 7) is 3.62. The monoisotopic (exact) mass is 313 g/mol. The van der Waals surface area contributed by atoms with Crippen molar-refractivity contribution in [2.75, 3.05) is 7.11 Å². The Morgan fingerprint density at radius 2 is 1.95 bits per heavy atom. The molecule has 0 saturated heterocycles. The van der Waals surface area contributed by atoms with Crippen LogP contribution in [0.4, 0.5) is 0 Å². The molecule has 2 aromatic rings. The third kappa shape index (κ3) is 3.62. The lowest BCUT2D eigenvalue weighted by Crippen LogP contribution is -2.01. The average molecular weight is 313 g/mol. The van der Waals surface area contributed by atoms with Crippen molar-refractivity contribution in [3.05, 3.63) is 52.5 Å². The Balaban J connectivity index is 2.14. The molecule has 0 N–H and O–H groups in total. The second kappa shape index (κ2) is 7.05. The number of rotatable bonds is 4. The molecule has 0 aliphatic carbocycles. The van der Waals surface area contributed by atoms with Crippen molar-refractivity contribution in [3.63, 3.8) is 0 Å². The molecule has 0 bridgehead atoms. The smallest absolute Gasteiger partial charge is 0.337 e. The van der Waals surface area contributed by atoms with Crippen LogP contribution >= 0.6 is 11.8 Å². The number of hydrogen-bond acceptors (Lipinski definition) is 6. The topological polar surface area (TPSA) is 75.9 Å². The summed E-state index contributed by atoms with van der Waals surface area (Å²) >= 11 is 1.48. The van der Waals surface area contributed by atoms with Crippen LogP contribution in [0.1, 0.15) is 33.0 Å². The number of esters is 1. The third-order valence-electron chi connectivity index (χ3n) is 3.03. The van der Waals surface area contributed by atoms with Crippen LogP contribution in [0.3, 0.4) is 0 Å². The van der Waals surface area contributed by atoms with Crippen LogP contribution in [0.5, 0.6) is 0 Å². The fraction of sp³-hybridized carbons (Fsp3) is 0.250. The first-order chi connectivity index (χ1) is 10.5. The fourth-order valence-corrected chi connectivity index (χ4v) is 2.95. The summed E-state index contributed by atoms with van der Waals surface area (Å²) in [4.78, 5) is 19.9. The Hall–Kier alpha value is -2.39. The number of carbonyl (C=O) groups excluding carboxylic acids is 1. The summed E-state index contributed by atoms with van der Waals surface area (Å²) in [7, 11) is 1.36. The molecule has 0 aliphatic heterocycles. The maximum atomic E-state index is 11.4. The van der Waals surface area contributed by atoms with Crippen LogP contribution < -0.4 is 0 Å². The highest BCUT2D eigenvalue weighted by atomic mass is 32.2. The van der Waals surface area contributed by atoms with E-state index in [0.29, 0.717) is 33.4 Å². The summed E-state index contributed by atoms with van der Waals surface area (Å²) in [5.41, 5.74) is 2.76. The van der Waals surface area contributed by atoms with E-state index in [1.165, 1.54) is 18.9 Å². The van der Waals surface area contributed by atoms with Gasteiger partial charge in [-0.2, -0.15) is 5.26 Å². The van der Waals surface area contributed by atoms with Crippen LogP contribution in [0.25, 0.3) is 0 Å². The van der Waals surface area contributed by atoms with Crippen LogP contribution in [0, 0.1) is 25.2 Å². The maximum absolute atomic E-state index is 11.4. The first-order valence-electron chi connectivity index (χ1n) is 6.60. The van der Waals surface area contributed by atoms with Crippen molar-refractivity contribution in [2.24, 2.45) is 0 Å². The Kier molecular flexibility index (Phi) is 5.12. The van der Waals surface area contributed by atoms with Gasteiger partial charge >= 0.3 is 5.97 Å². The Morgan fingerprint density at radius 1 is 1.27 bits per heavy atom. The quantitative estimate of drug-likeness (QED) is 0.490. The van der Waals surface area contributed by atoms with Gasteiger partial charge < -0.3 is 4.74 Å². The lowest BCUT2D eigenvalue weighted by Gasteiger charge is -2.07. The zero-order valence-electron chi connectivity index (χ0n) is 12.6. The van der Waals surface area contributed by atoms with E-state index < -0.39 is 0 Å². The maximum Gasteiger partial charge on any atom is 0.337 e. The molecule has 0 aliphatic rings. The number of nitriles is 1. The standard InChI is InChI=1S/C16H15N3O2S/c1-10-14(8-17)15(19-11(2)18-10)22-9-12-4-6-13(7-5-12)16(20)21-3/h4-7H,9H2,1-3H3. The number of aryl methyl sites for hydroxylation is 2. The van der Waals surface area contributed by atoms with Gasteiger partial charge in [-0.1, -0.05) is 12.1 Å². The number of methoxy groups -OCH3 is 1. The van der Waals surface area contributed by atoms with Gasteiger partial charge in [0, 0.05) is 5.75 Å². The zero-order valence-corrected chi connectivity index (χ0v) is 13.4. The highest BCUT2D eigenvalue weighted by Gasteiger charge is 2.11. The SMILES string of the molecule is COC(=O)c1ccc(CSc2nc(C)nc(C)c2C#N)cc1. The minimum Gasteiger partial charge on any atom is -0.465 e.